The van der Waals surface area contributed by atoms with Gasteiger partial charge in [0.15, 0.2) is 3.70 Å². The van der Waals surface area contributed by atoms with Crippen LogP contribution in [0.15, 0.2) is 31.0 Å². The van der Waals surface area contributed by atoms with Crippen molar-refractivity contribution in [2.45, 2.75) is 17.2 Å². The summed E-state index contributed by atoms with van der Waals surface area (Å²) in [4.78, 5) is -1.07. The molecule has 2 atom stereocenters. The van der Waals surface area contributed by atoms with E-state index < -0.39 is 58.2 Å². The molecule has 0 amide bonds. The molecule has 0 bridgehead atoms. The third-order valence-corrected chi connectivity index (χ3v) is 6.09. The molecule has 4 nitrogen and oxygen atoms in total. The smallest absolute Gasteiger partial charge is 0.578 e. The van der Waals surface area contributed by atoms with Crippen molar-refractivity contribution in [2.75, 3.05) is 0 Å². The van der Waals surface area contributed by atoms with Crippen LogP contribution in [0.2, 0.25) is 10.0 Å². The molecule has 0 fully saturated rings. The van der Waals surface area contributed by atoms with Crippen LogP contribution in [0.25, 0.3) is 0 Å². The number of alkyl halides is 6. The highest BCUT2D eigenvalue weighted by atomic mass is 127. The van der Waals surface area contributed by atoms with E-state index in [2.05, 4.69) is 10.2 Å². The normalized spacial score (nSPS) is 21.9. The molecule has 2 unspecified atom stereocenters. The third-order valence-electron chi connectivity index (χ3n) is 3.09. The third kappa shape index (κ3) is 3.64. The number of azo groups is 1. The van der Waals surface area contributed by atoms with Gasteiger partial charge in [0.1, 0.15) is 17.2 Å². The fourth-order valence-corrected chi connectivity index (χ4v) is 4.80. The largest absolute Gasteiger partial charge is 0.604 e. The predicted molar refractivity (Wildman–Crippen MR) is 88.9 cm³/mol. The van der Waals surface area contributed by atoms with Gasteiger partial charge in [0, 0.05) is 15.6 Å². The van der Waals surface area contributed by atoms with Gasteiger partial charge in [-0.2, -0.15) is 23.5 Å². The number of nitrogens with zero attached hydrogens (tertiary/aromatic N) is 3. The van der Waals surface area contributed by atoms with E-state index in [4.69, 9.17) is 23.2 Å². The van der Waals surface area contributed by atoms with Crippen LogP contribution in [0.3, 0.4) is 0 Å². The molecule has 0 spiro atoms. The zero-order valence-corrected chi connectivity index (χ0v) is 16.2. The highest BCUT2D eigenvalue weighted by Crippen LogP contribution is 2.53. The fraction of sp³-hybridized carbons (Fsp3) is 0.250. The molecule has 1 aromatic rings. The zero-order chi connectivity index (χ0) is 20.1. The van der Waals surface area contributed by atoms with Crippen molar-refractivity contribution < 1.29 is 30.9 Å². The Hall–Kier alpha value is -0.750. The van der Waals surface area contributed by atoms with Crippen LogP contribution in [0.5, 0.6) is 0 Å². The minimum absolute atomic E-state index is 0.386. The van der Waals surface area contributed by atoms with E-state index in [0.717, 1.165) is 0 Å². The molecule has 0 N–H and O–H groups in total. The van der Waals surface area contributed by atoms with Crippen LogP contribution in [-0.4, -0.2) is 10.1 Å². The lowest BCUT2D eigenvalue weighted by atomic mass is 9.91. The van der Waals surface area contributed by atoms with Crippen molar-refractivity contribution in [1.82, 2.24) is 0 Å². The summed E-state index contributed by atoms with van der Waals surface area (Å²) in [6, 6.07) is 2.17. The second kappa shape index (κ2) is 7.01. The van der Waals surface area contributed by atoms with Gasteiger partial charge in [-0.1, -0.05) is 23.2 Å². The second-order valence-corrected chi connectivity index (χ2v) is 7.91. The lowest BCUT2D eigenvalue weighted by Gasteiger charge is -2.25. The monoisotopic (exact) mass is 547 g/mol. The molecular formula is C12H2Cl2F6IN3OS. The molecule has 140 valence electrons. The highest BCUT2D eigenvalue weighted by molar-refractivity contribution is 14.1. The van der Waals surface area contributed by atoms with E-state index in [1.54, 1.807) is 0 Å². The van der Waals surface area contributed by atoms with Crippen molar-refractivity contribution >= 4 is 57.0 Å². The standard InChI is InChI=1S/C12H2Cl2F6IN3OS/c13-5-1-4(11(15,16)17)2-6(14)7(5)10(3-22)8(9(21)23-24-10)26(25)12(18,19)20/h1-2H. The van der Waals surface area contributed by atoms with Crippen LogP contribution in [0, 0.1) is 11.3 Å². The number of benzene rings is 1. The summed E-state index contributed by atoms with van der Waals surface area (Å²) in [5.41, 5.74) is -9.89. The molecule has 14 heteroatoms. The minimum Gasteiger partial charge on any atom is -0.604 e. The Morgan fingerprint density at radius 2 is 1.65 bits per heavy atom. The molecule has 0 saturated carbocycles. The van der Waals surface area contributed by atoms with Gasteiger partial charge in [-0.25, -0.2) is 0 Å². The lowest BCUT2D eigenvalue weighted by Crippen LogP contribution is -2.35. The first kappa shape index (κ1) is 21.5. The van der Waals surface area contributed by atoms with Gasteiger partial charge in [-0.3, -0.25) is 0 Å². The first-order valence-electron chi connectivity index (χ1n) is 6.05. The molecular weight excluding hydrogens is 546 g/mol. The second-order valence-electron chi connectivity index (χ2n) is 4.67. The Bertz CT molecular complexity index is 843. The Morgan fingerprint density at radius 1 is 1.15 bits per heavy atom. The number of hydrogen-bond acceptors (Lipinski definition) is 4. The Morgan fingerprint density at radius 3 is 2.04 bits per heavy atom. The van der Waals surface area contributed by atoms with Gasteiger partial charge >= 0.3 is 11.7 Å². The minimum atomic E-state index is -5.27. The molecule has 0 saturated heterocycles. The first-order chi connectivity index (χ1) is 11.8. The maximum Gasteiger partial charge on any atom is 0.578 e. The van der Waals surface area contributed by atoms with Crippen LogP contribution in [-0.2, 0) is 22.9 Å². The topological polar surface area (TPSA) is 71.6 Å². The molecule has 1 heterocycles. The number of halogens is 9. The molecule has 26 heavy (non-hydrogen) atoms. The fourth-order valence-electron chi connectivity index (χ4n) is 2.06. The Balaban J connectivity index is 2.77. The Labute approximate surface area is 168 Å². The summed E-state index contributed by atoms with van der Waals surface area (Å²) in [6.45, 7) is 0. The SMILES string of the molecule is N#CC1(c2c(Cl)cc(C(F)(F)F)cc2Cl)N=NC(I)=C1[S+]([O-])C(F)(F)F. The average molecular weight is 548 g/mol. The van der Waals surface area contributed by atoms with Crippen molar-refractivity contribution in [3.63, 3.8) is 0 Å². The van der Waals surface area contributed by atoms with Gasteiger partial charge in [0.05, 0.1) is 5.56 Å². The van der Waals surface area contributed by atoms with E-state index in [-0.39, 0.29) is 0 Å². The van der Waals surface area contributed by atoms with Crippen molar-refractivity contribution in [2.24, 2.45) is 10.2 Å². The summed E-state index contributed by atoms with van der Waals surface area (Å²) in [5.74, 6) is 0. The van der Waals surface area contributed by atoms with Crippen LogP contribution in [0.4, 0.5) is 26.3 Å². The number of hydrogen-bond donors (Lipinski definition) is 0. The zero-order valence-electron chi connectivity index (χ0n) is 11.7. The maximum atomic E-state index is 12.9. The van der Waals surface area contributed by atoms with Crippen molar-refractivity contribution in [1.29, 1.82) is 5.26 Å². The van der Waals surface area contributed by atoms with Crippen molar-refractivity contribution in [3.05, 3.63) is 41.9 Å². The molecule has 1 aliphatic rings. The summed E-state index contributed by atoms with van der Waals surface area (Å²) in [5, 5.41) is 14.7. The molecule has 0 aromatic heterocycles. The van der Waals surface area contributed by atoms with E-state index in [1.165, 1.54) is 28.7 Å². The summed E-state index contributed by atoms with van der Waals surface area (Å²) >= 11 is 9.10. The van der Waals surface area contributed by atoms with Crippen molar-refractivity contribution in [3.8, 4) is 6.07 Å². The average Bonchev–Trinajstić information content (AvgIpc) is 2.81. The van der Waals surface area contributed by atoms with E-state index in [0.29, 0.717) is 12.1 Å². The summed E-state index contributed by atoms with van der Waals surface area (Å²) in [6.07, 6.45) is -4.84. The van der Waals surface area contributed by atoms with Crippen LogP contribution in [0.1, 0.15) is 11.1 Å². The predicted octanol–water partition coefficient (Wildman–Crippen LogP) is 6.07. The quantitative estimate of drug-likeness (QED) is 0.195. The van der Waals surface area contributed by atoms with Gasteiger partial charge in [-0.05, 0) is 34.7 Å². The van der Waals surface area contributed by atoms with Gasteiger partial charge in [-0.15, -0.1) is 18.3 Å². The van der Waals surface area contributed by atoms with E-state index in [1.807, 2.05) is 0 Å². The number of nitriles is 1. The van der Waals surface area contributed by atoms with Gasteiger partial charge < -0.3 is 4.55 Å². The van der Waals surface area contributed by atoms with E-state index >= 15 is 0 Å². The van der Waals surface area contributed by atoms with Crippen LogP contribution < -0.4 is 0 Å². The Kier molecular flexibility index (Phi) is 5.81. The first-order valence-corrected chi connectivity index (χ1v) is 9.04. The number of rotatable bonds is 2. The van der Waals surface area contributed by atoms with Crippen LogP contribution >= 0.6 is 45.8 Å². The molecule has 0 radical (unpaired) electrons. The van der Waals surface area contributed by atoms with Gasteiger partial charge in [0.2, 0.25) is 4.91 Å². The summed E-state index contributed by atoms with van der Waals surface area (Å²) in [7, 11) is 0. The van der Waals surface area contributed by atoms with E-state index in [9.17, 15) is 36.2 Å². The molecule has 1 aliphatic heterocycles. The highest BCUT2D eigenvalue weighted by Gasteiger charge is 2.60. The summed E-state index contributed by atoms with van der Waals surface area (Å²) < 4.78 is 88.7. The van der Waals surface area contributed by atoms with Gasteiger partial charge in [0.25, 0.3) is 5.54 Å². The molecule has 1 aromatic carbocycles. The maximum absolute atomic E-state index is 12.9. The lowest BCUT2D eigenvalue weighted by molar-refractivity contribution is -0.137. The molecule has 2 rings (SSSR count). The molecule has 0 aliphatic carbocycles.